The summed E-state index contributed by atoms with van der Waals surface area (Å²) in [4.78, 5) is 24.3. The van der Waals surface area contributed by atoms with Crippen LogP contribution in [0.3, 0.4) is 0 Å². The Morgan fingerprint density at radius 3 is 2.41 bits per heavy atom. The third kappa shape index (κ3) is 4.04. The van der Waals surface area contributed by atoms with Gasteiger partial charge in [-0.15, -0.1) is 0 Å². The van der Waals surface area contributed by atoms with Gasteiger partial charge in [0.1, 0.15) is 5.76 Å². The fourth-order valence-electron chi connectivity index (χ4n) is 2.72. The number of halogens is 1. The Hall–Kier alpha value is -3.05. The third-order valence-electron chi connectivity index (χ3n) is 4.31. The van der Waals surface area contributed by atoms with Crippen LogP contribution in [0.2, 0.25) is 5.02 Å². The number of rotatable bonds is 5. The molecule has 1 aromatic heterocycles. The summed E-state index contributed by atoms with van der Waals surface area (Å²) in [5.74, 6) is 0.469. The van der Waals surface area contributed by atoms with Crippen molar-refractivity contribution in [2.45, 2.75) is 12.8 Å². The van der Waals surface area contributed by atoms with Crippen LogP contribution in [0.5, 0.6) is 0 Å². The van der Waals surface area contributed by atoms with Crippen LogP contribution in [0.15, 0.2) is 65.1 Å². The summed E-state index contributed by atoms with van der Waals surface area (Å²) in [6, 6.07) is 17.6. The predicted molar refractivity (Wildman–Crippen MR) is 105 cm³/mol. The maximum absolute atomic E-state index is 12.5. The van der Waals surface area contributed by atoms with Crippen molar-refractivity contribution in [3.05, 3.63) is 71.4 Å². The molecule has 1 saturated carbocycles. The van der Waals surface area contributed by atoms with Crippen molar-refractivity contribution in [2.24, 2.45) is 5.92 Å². The Kier molecular flexibility index (Phi) is 4.69. The van der Waals surface area contributed by atoms with Gasteiger partial charge < -0.3 is 15.1 Å². The SMILES string of the molecule is O=C(Nc1cccc(NC(=O)C2CC2)c1)c1ccc(-c2ccccc2Cl)o1. The first-order valence-corrected chi connectivity index (χ1v) is 9.05. The molecule has 6 heteroatoms. The molecular weight excluding hydrogens is 364 g/mol. The second-order valence-electron chi connectivity index (χ2n) is 6.44. The van der Waals surface area contributed by atoms with E-state index in [0.717, 1.165) is 18.4 Å². The number of amides is 2. The second kappa shape index (κ2) is 7.29. The Bertz CT molecular complexity index is 1010. The van der Waals surface area contributed by atoms with E-state index in [1.54, 1.807) is 42.5 Å². The van der Waals surface area contributed by atoms with Crippen molar-refractivity contribution in [3.8, 4) is 11.3 Å². The lowest BCUT2D eigenvalue weighted by atomic mass is 10.2. The molecule has 0 atom stereocenters. The first-order valence-electron chi connectivity index (χ1n) is 8.67. The Labute approximate surface area is 161 Å². The highest BCUT2D eigenvalue weighted by atomic mass is 35.5. The van der Waals surface area contributed by atoms with Gasteiger partial charge in [-0.2, -0.15) is 0 Å². The standard InChI is InChI=1S/C21H17ClN2O3/c22-17-7-2-1-6-16(17)18-10-11-19(27-18)21(26)24-15-5-3-4-14(12-15)23-20(25)13-8-9-13/h1-7,10-13H,8-9H2,(H,23,25)(H,24,26). The molecule has 1 heterocycles. The van der Waals surface area contributed by atoms with Gasteiger partial charge in [-0.1, -0.05) is 29.8 Å². The van der Waals surface area contributed by atoms with E-state index in [9.17, 15) is 9.59 Å². The molecule has 2 amide bonds. The lowest BCUT2D eigenvalue weighted by Crippen LogP contribution is -2.14. The van der Waals surface area contributed by atoms with E-state index in [2.05, 4.69) is 10.6 Å². The first-order chi connectivity index (χ1) is 13.1. The van der Waals surface area contributed by atoms with Crippen LogP contribution in [0, 0.1) is 5.92 Å². The van der Waals surface area contributed by atoms with Gasteiger partial charge in [0.15, 0.2) is 5.76 Å². The van der Waals surface area contributed by atoms with Crippen molar-refractivity contribution < 1.29 is 14.0 Å². The Morgan fingerprint density at radius 2 is 1.67 bits per heavy atom. The Morgan fingerprint density at radius 1 is 0.926 bits per heavy atom. The number of carbonyl (C=O) groups excluding carboxylic acids is 2. The van der Waals surface area contributed by atoms with Gasteiger partial charge in [-0.3, -0.25) is 9.59 Å². The van der Waals surface area contributed by atoms with Gasteiger partial charge in [0.25, 0.3) is 5.91 Å². The summed E-state index contributed by atoms with van der Waals surface area (Å²) in [5.41, 5.74) is 1.95. The van der Waals surface area contributed by atoms with Crippen LogP contribution in [-0.2, 0) is 4.79 Å². The molecule has 2 N–H and O–H groups in total. The lowest BCUT2D eigenvalue weighted by molar-refractivity contribution is -0.117. The van der Waals surface area contributed by atoms with Crippen molar-refractivity contribution in [1.29, 1.82) is 0 Å². The average molecular weight is 381 g/mol. The highest BCUT2D eigenvalue weighted by Gasteiger charge is 2.29. The van der Waals surface area contributed by atoms with Crippen LogP contribution in [0.4, 0.5) is 11.4 Å². The average Bonchev–Trinajstić information content (AvgIpc) is 3.40. The third-order valence-corrected chi connectivity index (χ3v) is 4.63. The van der Waals surface area contributed by atoms with E-state index in [0.29, 0.717) is 22.2 Å². The van der Waals surface area contributed by atoms with E-state index in [-0.39, 0.29) is 23.5 Å². The van der Waals surface area contributed by atoms with Gasteiger partial charge in [0, 0.05) is 22.9 Å². The smallest absolute Gasteiger partial charge is 0.291 e. The molecule has 1 aliphatic carbocycles. The molecule has 5 nitrogen and oxygen atoms in total. The second-order valence-corrected chi connectivity index (χ2v) is 6.85. The molecule has 2 aromatic carbocycles. The van der Waals surface area contributed by atoms with E-state index < -0.39 is 0 Å². The van der Waals surface area contributed by atoms with Crippen LogP contribution in [-0.4, -0.2) is 11.8 Å². The minimum absolute atomic E-state index is 0.0221. The topological polar surface area (TPSA) is 71.3 Å². The van der Waals surface area contributed by atoms with Crippen molar-refractivity contribution in [3.63, 3.8) is 0 Å². The lowest BCUT2D eigenvalue weighted by Gasteiger charge is -2.08. The minimum Gasteiger partial charge on any atom is -0.451 e. The monoisotopic (exact) mass is 380 g/mol. The molecule has 0 bridgehead atoms. The van der Waals surface area contributed by atoms with Crippen LogP contribution < -0.4 is 10.6 Å². The van der Waals surface area contributed by atoms with Gasteiger partial charge in [0.05, 0.1) is 5.02 Å². The van der Waals surface area contributed by atoms with Gasteiger partial charge >= 0.3 is 0 Å². The summed E-state index contributed by atoms with van der Waals surface area (Å²) < 4.78 is 5.65. The highest BCUT2D eigenvalue weighted by molar-refractivity contribution is 6.33. The van der Waals surface area contributed by atoms with Crippen LogP contribution >= 0.6 is 11.6 Å². The largest absolute Gasteiger partial charge is 0.451 e. The molecule has 4 rings (SSSR count). The molecule has 27 heavy (non-hydrogen) atoms. The molecule has 0 spiro atoms. The van der Waals surface area contributed by atoms with Crippen molar-refractivity contribution in [1.82, 2.24) is 0 Å². The normalized spacial score (nSPS) is 13.2. The van der Waals surface area contributed by atoms with Gasteiger partial charge in [0.2, 0.25) is 5.91 Å². The number of furan rings is 1. The van der Waals surface area contributed by atoms with E-state index in [1.165, 1.54) is 0 Å². The van der Waals surface area contributed by atoms with E-state index in [4.69, 9.17) is 16.0 Å². The molecular formula is C21H17ClN2O3. The zero-order chi connectivity index (χ0) is 18.8. The molecule has 3 aromatic rings. The minimum atomic E-state index is -0.376. The van der Waals surface area contributed by atoms with Crippen molar-refractivity contribution in [2.75, 3.05) is 10.6 Å². The quantitative estimate of drug-likeness (QED) is 0.639. The molecule has 1 fully saturated rings. The maximum atomic E-state index is 12.5. The van der Waals surface area contributed by atoms with Crippen molar-refractivity contribution >= 4 is 34.8 Å². The van der Waals surface area contributed by atoms with Gasteiger partial charge in [-0.05, 0) is 55.3 Å². The molecule has 0 radical (unpaired) electrons. The maximum Gasteiger partial charge on any atom is 0.291 e. The van der Waals surface area contributed by atoms with Crippen LogP contribution in [0.25, 0.3) is 11.3 Å². The number of anilines is 2. The first kappa shape index (κ1) is 17.4. The molecule has 0 unspecified atom stereocenters. The molecule has 1 aliphatic rings. The number of nitrogens with one attached hydrogen (secondary N) is 2. The fourth-order valence-corrected chi connectivity index (χ4v) is 2.95. The number of hydrogen-bond donors (Lipinski definition) is 2. The number of benzene rings is 2. The summed E-state index contributed by atoms with van der Waals surface area (Å²) >= 11 is 6.17. The fraction of sp³-hybridized carbons (Fsp3) is 0.143. The van der Waals surface area contributed by atoms with E-state index in [1.807, 2.05) is 18.2 Å². The van der Waals surface area contributed by atoms with E-state index >= 15 is 0 Å². The summed E-state index contributed by atoms with van der Waals surface area (Å²) in [5, 5.41) is 6.19. The summed E-state index contributed by atoms with van der Waals surface area (Å²) in [6.07, 6.45) is 1.88. The predicted octanol–water partition coefficient (Wildman–Crippen LogP) is 5.20. The summed E-state index contributed by atoms with van der Waals surface area (Å²) in [7, 11) is 0. The number of carbonyl (C=O) groups is 2. The Balaban J connectivity index is 1.46. The zero-order valence-electron chi connectivity index (χ0n) is 14.4. The number of hydrogen-bond acceptors (Lipinski definition) is 3. The van der Waals surface area contributed by atoms with Crippen LogP contribution in [0.1, 0.15) is 23.4 Å². The van der Waals surface area contributed by atoms with Gasteiger partial charge in [-0.25, -0.2) is 0 Å². The highest BCUT2D eigenvalue weighted by Crippen LogP contribution is 2.31. The molecule has 136 valence electrons. The molecule has 0 saturated heterocycles. The zero-order valence-corrected chi connectivity index (χ0v) is 15.1. The molecule has 0 aliphatic heterocycles. The summed E-state index contributed by atoms with van der Waals surface area (Å²) in [6.45, 7) is 0.